The lowest BCUT2D eigenvalue weighted by molar-refractivity contribution is 0.601. The maximum absolute atomic E-state index is 12.6. The number of aromatic amines is 1. The Balaban J connectivity index is 2.01. The fraction of sp³-hybridized carbons (Fsp3) is 0.333. The molecule has 0 spiro atoms. The van der Waals surface area contributed by atoms with Crippen LogP contribution >= 0.6 is 0 Å². The van der Waals surface area contributed by atoms with Crippen molar-refractivity contribution in [1.82, 2.24) is 19.3 Å². The van der Waals surface area contributed by atoms with E-state index in [1.54, 1.807) is 26.2 Å². The van der Waals surface area contributed by atoms with E-state index >= 15 is 0 Å². The maximum Gasteiger partial charge on any atom is 0.328 e. The third kappa shape index (κ3) is 2.60. The van der Waals surface area contributed by atoms with Gasteiger partial charge in [-0.2, -0.15) is 5.10 Å². The van der Waals surface area contributed by atoms with Crippen molar-refractivity contribution < 1.29 is 8.42 Å². The molecule has 9 heteroatoms. The summed E-state index contributed by atoms with van der Waals surface area (Å²) in [5.41, 5.74) is 1.86. The molecule has 0 amide bonds. The van der Waals surface area contributed by atoms with Crippen LogP contribution in [0.2, 0.25) is 0 Å². The highest BCUT2D eigenvalue weighted by molar-refractivity contribution is 7.92. The fourth-order valence-corrected chi connectivity index (χ4v) is 3.55. The normalized spacial score (nSPS) is 12.2. The Morgan fingerprint density at radius 3 is 2.42 bits per heavy atom. The number of aromatic nitrogens is 4. The van der Waals surface area contributed by atoms with E-state index in [1.807, 2.05) is 13.8 Å². The number of benzene rings is 1. The molecule has 0 saturated heterocycles. The number of anilines is 1. The zero-order valence-corrected chi connectivity index (χ0v) is 14.7. The number of fused-ring (bicyclic) bond motifs is 1. The van der Waals surface area contributed by atoms with Gasteiger partial charge in [0.25, 0.3) is 10.0 Å². The Kier molecular flexibility index (Phi) is 3.75. The number of hydrogen-bond acceptors (Lipinski definition) is 4. The first-order valence-electron chi connectivity index (χ1n) is 7.44. The molecule has 0 atom stereocenters. The van der Waals surface area contributed by atoms with Gasteiger partial charge in [-0.1, -0.05) is 13.8 Å². The van der Waals surface area contributed by atoms with Crippen molar-refractivity contribution >= 4 is 26.9 Å². The topological polar surface area (TPSA) is 102 Å². The molecular weight excluding hydrogens is 330 g/mol. The molecule has 3 rings (SSSR count). The number of nitrogens with zero attached hydrogens (tertiary/aromatic N) is 3. The van der Waals surface area contributed by atoms with E-state index in [-0.39, 0.29) is 22.3 Å². The molecule has 1 aromatic carbocycles. The highest BCUT2D eigenvalue weighted by atomic mass is 32.2. The molecule has 0 fully saturated rings. The van der Waals surface area contributed by atoms with E-state index < -0.39 is 10.0 Å². The molecule has 0 unspecified atom stereocenters. The van der Waals surface area contributed by atoms with E-state index in [1.165, 1.54) is 21.3 Å². The van der Waals surface area contributed by atoms with Crippen LogP contribution in [0.4, 0.5) is 5.82 Å². The van der Waals surface area contributed by atoms with Crippen LogP contribution in [0, 0.1) is 0 Å². The van der Waals surface area contributed by atoms with Gasteiger partial charge in [0.05, 0.1) is 15.9 Å². The van der Waals surface area contributed by atoms with Gasteiger partial charge in [0.2, 0.25) is 0 Å². The number of sulfonamides is 1. The number of imidazole rings is 1. The molecule has 8 nitrogen and oxygen atoms in total. The molecule has 0 saturated carbocycles. The molecule has 24 heavy (non-hydrogen) atoms. The van der Waals surface area contributed by atoms with Crippen molar-refractivity contribution in [1.29, 1.82) is 0 Å². The van der Waals surface area contributed by atoms with Gasteiger partial charge in [-0.05, 0) is 24.1 Å². The summed E-state index contributed by atoms with van der Waals surface area (Å²) in [5.74, 6) is 0.451. The lowest BCUT2D eigenvalue weighted by Gasteiger charge is -2.06. The van der Waals surface area contributed by atoms with Crippen LogP contribution in [-0.4, -0.2) is 27.7 Å². The SMILES string of the molecule is CC(C)c1cc(NS(=O)(=O)c2ccc3c(c2)n(C)c(=O)n3C)n[nH]1. The second kappa shape index (κ2) is 5.52. The van der Waals surface area contributed by atoms with Crippen molar-refractivity contribution in [3.63, 3.8) is 0 Å². The summed E-state index contributed by atoms with van der Waals surface area (Å²) >= 11 is 0. The second-order valence-corrected chi connectivity index (χ2v) is 7.70. The van der Waals surface area contributed by atoms with Crippen molar-refractivity contribution in [2.45, 2.75) is 24.7 Å². The molecule has 2 N–H and O–H groups in total. The molecule has 128 valence electrons. The summed E-state index contributed by atoms with van der Waals surface area (Å²) in [6, 6.07) is 6.24. The van der Waals surface area contributed by atoms with Crippen LogP contribution < -0.4 is 10.4 Å². The zero-order valence-electron chi connectivity index (χ0n) is 13.9. The first-order chi connectivity index (χ1) is 11.2. The average molecular weight is 349 g/mol. The van der Waals surface area contributed by atoms with Crippen LogP contribution in [-0.2, 0) is 24.1 Å². The number of rotatable bonds is 4. The van der Waals surface area contributed by atoms with Crippen LogP contribution in [0.15, 0.2) is 34.0 Å². The average Bonchev–Trinajstić information content (AvgIpc) is 3.07. The van der Waals surface area contributed by atoms with Gasteiger partial charge >= 0.3 is 5.69 Å². The Morgan fingerprint density at radius 2 is 1.79 bits per heavy atom. The molecule has 0 bridgehead atoms. The molecule has 0 radical (unpaired) electrons. The van der Waals surface area contributed by atoms with Crippen LogP contribution in [0.1, 0.15) is 25.5 Å². The number of aryl methyl sites for hydroxylation is 2. The first-order valence-corrected chi connectivity index (χ1v) is 8.92. The van der Waals surface area contributed by atoms with Gasteiger partial charge in [-0.15, -0.1) is 0 Å². The molecule has 2 heterocycles. The summed E-state index contributed by atoms with van der Waals surface area (Å²) in [6.07, 6.45) is 0. The third-order valence-corrected chi connectivity index (χ3v) is 5.36. The van der Waals surface area contributed by atoms with Crippen molar-refractivity contribution in [2.75, 3.05) is 4.72 Å². The Bertz CT molecular complexity index is 1070. The third-order valence-electron chi connectivity index (χ3n) is 4.01. The van der Waals surface area contributed by atoms with Gasteiger partial charge < -0.3 is 0 Å². The van der Waals surface area contributed by atoms with Crippen LogP contribution in [0.3, 0.4) is 0 Å². The number of H-pyrrole nitrogens is 1. The minimum Gasteiger partial charge on any atom is -0.295 e. The summed E-state index contributed by atoms with van der Waals surface area (Å²) in [6.45, 7) is 3.96. The standard InChI is InChI=1S/C15H19N5O3S/c1-9(2)11-8-14(17-16-11)18-24(22,23)10-5-6-12-13(7-10)20(4)15(21)19(12)3/h5-9H,1-4H3,(H2,16,17,18). The summed E-state index contributed by atoms with van der Waals surface area (Å²) in [7, 11) is -0.539. The molecular formula is C15H19N5O3S. The molecule has 2 aromatic heterocycles. The molecule has 0 aliphatic rings. The number of hydrogen-bond donors (Lipinski definition) is 2. The van der Waals surface area contributed by atoms with Gasteiger partial charge in [0.15, 0.2) is 5.82 Å². The Morgan fingerprint density at radius 1 is 1.12 bits per heavy atom. The Hall–Kier alpha value is -2.55. The van der Waals surface area contributed by atoms with E-state index in [2.05, 4.69) is 14.9 Å². The van der Waals surface area contributed by atoms with Crippen molar-refractivity contribution in [3.05, 3.63) is 40.4 Å². The van der Waals surface area contributed by atoms with Gasteiger partial charge in [-0.25, -0.2) is 13.2 Å². The van der Waals surface area contributed by atoms with Gasteiger partial charge in [-0.3, -0.25) is 19.0 Å². The highest BCUT2D eigenvalue weighted by Gasteiger charge is 2.19. The first kappa shape index (κ1) is 16.3. The lowest BCUT2D eigenvalue weighted by atomic mass is 10.1. The van der Waals surface area contributed by atoms with Crippen LogP contribution in [0.25, 0.3) is 11.0 Å². The van der Waals surface area contributed by atoms with Gasteiger partial charge in [0, 0.05) is 25.9 Å². The van der Waals surface area contributed by atoms with E-state index in [4.69, 9.17) is 0 Å². The fourth-order valence-electron chi connectivity index (χ4n) is 2.54. The zero-order chi connectivity index (χ0) is 17.6. The quantitative estimate of drug-likeness (QED) is 0.745. The maximum atomic E-state index is 12.6. The van der Waals surface area contributed by atoms with E-state index in [0.717, 1.165) is 5.69 Å². The van der Waals surface area contributed by atoms with Gasteiger partial charge in [0.1, 0.15) is 0 Å². The Labute approximate surface area is 139 Å². The summed E-state index contributed by atoms with van der Waals surface area (Å²) < 4.78 is 30.5. The largest absolute Gasteiger partial charge is 0.328 e. The van der Waals surface area contributed by atoms with E-state index in [9.17, 15) is 13.2 Å². The van der Waals surface area contributed by atoms with Crippen molar-refractivity contribution in [3.8, 4) is 0 Å². The minimum atomic E-state index is -3.79. The summed E-state index contributed by atoms with van der Waals surface area (Å²) in [5, 5.41) is 6.77. The predicted octanol–water partition coefficient (Wildman–Crippen LogP) is 1.52. The molecule has 0 aliphatic carbocycles. The van der Waals surface area contributed by atoms with Crippen LogP contribution in [0.5, 0.6) is 0 Å². The molecule has 3 aromatic rings. The molecule has 0 aliphatic heterocycles. The highest BCUT2D eigenvalue weighted by Crippen LogP contribution is 2.21. The summed E-state index contributed by atoms with van der Waals surface area (Å²) in [4.78, 5) is 12.0. The lowest BCUT2D eigenvalue weighted by Crippen LogP contribution is -2.19. The minimum absolute atomic E-state index is 0.0743. The smallest absolute Gasteiger partial charge is 0.295 e. The van der Waals surface area contributed by atoms with E-state index in [0.29, 0.717) is 11.0 Å². The predicted molar refractivity (Wildman–Crippen MR) is 91.6 cm³/mol. The monoisotopic (exact) mass is 349 g/mol. The number of nitrogens with one attached hydrogen (secondary N) is 2. The second-order valence-electron chi connectivity index (χ2n) is 6.02. The van der Waals surface area contributed by atoms with Crippen molar-refractivity contribution in [2.24, 2.45) is 14.1 Å².